The predicted molar refractivity (Wildman–Crippen MR) is 111 cm³/mol. The molecule has 0 aliphatic heterocycles. The van der Waals surface area contributed by atoms with Gasteiger partial charge in [0.25, 0.3) is 0 Å². The van der Waals surface area contributed by atoms with Crippen molar-refractivity contribution >= 4 is 10.9 Å². The van der Waals surface area contributed by atoms with Crippen molar-refractivity contribution in [3.8, 4) is 39.5 Å². The van der Waals surface area contributed by atoms with Crippen molar-refractivity contribution in [3.05, 3.63) is 78.9 Å². The quantitative estimate of drug-likeness (QED) is 0.434. The maximum absolute atomic E-state index is 14.0. The minimum Gasteiger partial charge on any atom is -0.497 e. The molecule has 5 aromatic rings. The summed E-state index contributed by atoms with van der Waals surface area (Å²) in [7, 11) is 1.53. The Labute approximate surface area is 166 Å². The minimum atomic E-state index is -0.331. The lowest BCUT2D eigenvalue weighted by Crippen LogP contribution is -1.87. The second-order valence-corrected chi connectivity index (χ2v) is 6.73. The Morgan fingerprint density at radius 1 is 0.897 bits per heavy atom. The van der Waals surface area contributed by atoms with Crippen LogP contribution >= 0.6 is 0 Å². The third-order valence-corrected chi connectivity index (χ3v) is 4.93. The number of pyridine rings is 1. The molecule has 2 aromatic carbocycles. The van der Waals surface area contributed by atoms with Crippen LogP contribution in [0.15, 0.2) is 73.1 Å². The van der Waals surface area contributed by atoms with Crippen molar-refractivity contribution in [2.45, 2.75) is 0 Å². The highest BCUT2D eigenvalue weighted by Gasteiger charge is 2.13. The van der Waals surface area contributed by atoms with E-state index < -0.39 is 0 Å². The van der Waals surface area contributed by atoms with Gasteiger partial charge in [0.1, 0.15) is 11.6 Å². The summed E-state index contributed by atoms with van der Waals surface area (Å²) < 4.78 is 19.3. The van der Waals surface area contributed by atoms with E-state index in [1.165, 1.54) is 19.2 Å². The molecule has 5 nitrogen and oxygen atoms in total. The highest BCUT2D eigenvalue weighted by Crippen LogP contribution is 2.34. The first kappa shape index (κ1) is 17.2. The van der Waals surface area contributed by atoms with Gasteiger partial charge in [-0.3, -0.25) is 10.1 Å². The summed E-state index contributed by atoms with van der Waals surface area (Å²) in [5, 5.41) is 8.49. The summed E-state index contributed by atoms with van der Waals surface area (Å²) in [6.07, 6.45) is 3.48. The molecule has 2 N–H and O–H groups in total. The molecule has 0 fully saturated rings. The monoisotopic (exact) mass is 384 g/mol. The average molecular weight is 384 g/mol. The maximum atomic E-state index is 14.0. The molecule has 0 aliphatic rings. The molecule has 0 amide bonds. The minimum absolute atomic E-state index is 0.331. The van der Waals surface area contributed by atoms with Gasteiger partial charge in [0.05, 0.1) is 24.2 Å². The van der Waals surface area contributed by atoms with Gasteiger partial charge >= 0.3 is 0 Å². The normalized spacial score (nSPS) is 11.1. The number of nitrogens with one attached hydrogen (secondary N) is 2. The lowest BCUT2D eigenvalue weighted by Gasteiger charge is -2.07. The molecule has 142 valence electrons. The lowest BCUT2D eigenvalue weighted by atomic mass is 10.0. The molecule has 0 unspecified atom stereocenters. The van der Waals surface area contributed by atoms with Gasteiger partial charge in [-0.15, -0.1) is 0 Å². The summed E-state index contributed by atoms with van der Waals surface area (Å²) in [6.45, 7) is 0. The van der Waals surface area contributed by atoms with Crippen molar-refractivity contribution in [1.29, 1.82) is 0 Å². The highest BCUT2D eigenvalue weighted by atomic mass is 19.1. The van der Waals surface area contributed by atoms with Gasteiger partial charge in [0.15, 0.2) is 0 Å². The first-order valence-corrected chi connectivity index (χ1v) is 9.14. The number of halogens is 1. The standard InChI is InChI=1S/C23H17FN4O/c1-29-17-10-15(9-16(24)11-17)18-3-2-4-20-19(18)12-22(26-20)23-13-21(27-28-23)14-5-7-25-8-6-14/h2-13,26H,1H3,(H,27,28). The second kappa shape index (κ2) is 6.91. The van der Waals surface area contributed by atoms with E-state index >= 15 is 0 Å². The van der Waals surface area contributed by atoms with Crippen LogP contribution < -0.4 is 4.74 Å². The van der Waals surface area contributed by atoms with Crippen molar-refractivity contribution in [2.24, 2.45) is 0 Å². The van der Waals surface area contributed by atoms with E-state index in [0.29, 0.717) is 5.75 Å². The zero-order valence-electron chi connectivity index (χ0n) is 15.6. The number of aromatic nitrogens is 4. The molecule has 5 rings (SSSR count). The van der Waals surface area contributed by atoms with Crippen LogP contribution in [0.3, 0.4) is 0 Å². The molecule has 0 radical (unpaired) electrons. The summed E-state index contributed by atoms with van der Waals surface area (Å²) in [5.41, 5.74) is 6.26. The van der Waals surface area contributed by atoms with Gasteiger partial charge in [0.2, 0.25) is 0 Å². The summed E-state index contributed by atoms with van der Waals surface area (Å²) in [5.74, 6) is 0.158. The Hall–Kier alpha value is -3.93. The Kier molecular flexibility index (Phi) is 4.09. The first-order valence-electron chi connectivity index (χ1n) is 9.14. The van der Waals surface area contributed by atoms with Crippen LogP contribution in [0.5, 0.6) is 5.75 Å². The number of nitrogens with zero attached hydrogens (tertiary/aromatic N) is 2. The lowest BCUT2D eigenvalue weighted by molar-refractivity contribution is 0.411. The number of H-pyrrole nitrogens is 2. The number of hydrogen-bond acceptors (Lipinski definition) is 3. The fourth-order valence-electron chi connectivity index (χ4n) is 3.52. The molecule has 0 spiro atoms. The fraction of sp³-hybridized carbons (Fsp3) is 0.0435. The van der Waals surface area contributed by atoms with E-state index in [1.54, 1.807) is 12.4 Å². The number of methoxy groups -OCH3 is 1. The fourth-order valence-corrected chi connectivity index (χ4v) is 3.52. The number of rotatable bonds is 4. The van der Waals surface area contributed by atoms with Gasteiger partial charge in [-0.2, -0.15) is 5.10 Å². The van der Waals surface area contributed by atoms with Crippen LogP contribution in [0.25, 0.3) is 44.7 Å². The highest BCUT2D eigenvalue weighted by molar-refractivity contribution is 5.98. The molecule has 0 saturated carbocycles. The van der Waals surface area contributed by atoms with E-state index in [0.717, 1.165) is 44.7 Å². The van der Waals surface area contributed by atoms with Crippen LogP contribution in [0.4, 0.5) is 4.39 Å². The van der Waals surface area contributed by atoms with E-state index in [1.807, 2.05) is 48.5 Å². The number of benzene rings is 2. The average Bonchev–Trinajstić information content (AvgIpc) is 3.40. The van der Waals surface area contributed by atoms with Crippen molar-refractivity contribution in [3.63, 3.8) is 0 Å². The Bertz CT molecular complexity index is 1310. The third kappa shape index (κ3) is 3.14. The maximum Gasteiger partial charge on any atom is 0.127 e. The number of ether oxygens (including phenoxy) is 1. The Morgan fingerprint density at radius 3 is 2.59 bits per heavy atom. The van der Waals surface area contributed by atoms with Gasteiger partial charge < -0.3 is 9.72 Å². The summed E-state index contributed by atoms with van der Waals surface area (Å²) in [4.78, 5) is 7.46. The zero-order chi connectivity index (χ0) is 19.8. The van der Waals surface area contributed by atoms with Gasteiger partial charge in [-0.25, -0.2) is 4.39 Å². The van der Waals surface area contributed by atoms with Gasteiger partial charge in [-0.1, -0.05) is 12.1 Å². The topological polar surface area (TPSA) is 66.6 Å². The molecule has 0 atom stereocenters. The molecule has 3 heterocycles. The smallest absolute Gasteiger partial charge is 0.127 e. The number of fused-ring (bicyclic) bond motifs is 1. The number of aromatic amines is 2. The Balaban J connectivity index is 1.60. The molecular formula is C23H17FN4O. The predicted octanol–water partition coefficient (Wildman–Crippen LogP) is 5.43. The zero-order valence-corrected chi connectivity index (χ0v) is 15.6. The number of hydrogen-bond donors (Lipinski definition) is 2. The molecular weight excluding hydrogens is 367 g/mol. The van der Waals surface area contributed by atoms with E-state index in [4.69, 9.17) is 4.74 Å². The van der Waals surface area contributed by atoms with Crippen LogP contribution in [-0.2, 0) is 0 Å². The van der Waals surface area contributed by atoms with E-state index in [2.05, 4.69) is 20.2 Å². The van der Waals surface area contributed by atoms with Gasteiger partial charge in [0, 0.05) is 34.9 Å². The molecule has 29 heavy (non-hydrogen) atoms. The van der Waals surface area contributed by atoms with E-state index in [9.17, 15) is 4.39 Å². The molecule has 0 aliphatic carbocycles. The Morgan fingerprint density at radius 2 is 1.76 bits per heavy atom. The molecule has 3 aromatic heterocycles. The molecule has 0 bridgehead atoms. The van der Waals surface area contributed by atoms with Crippen LogP contribution in [0, 0.1) is 5.82 Å². The van der Waals surface area contributed by atoms with Gasteiger partial charge in [-0.05, 0) is 53.6 Å². The van der Waals surface area contributed by atoms with Crippen molar-refractivity contribution < 1.29 is 9.13 Å². The summed E-state index contributed by atoms with van der Waals surface area (Å²) in [6, 6.07) is 18.5. The van der Waals surface area contributed by atoms with Crippen molar-refractivity contribution in [1.82, 2.24) is 20.2 Å². The van der Waals surface area contributed by atoms with Crippen LogP contribution in [0.2, 0.25) is 0 Å². The molecule has 6 heteroatoms. The first-order chi connectivity index (χ1) is 14.2. The summed E-state index contributed by atoms with van der Waals surface area (Å²) >= 11 is 0. The second-order valence-electron chi connectivity index (χ2n) is 6.73. The third-order valence-electron chi connectivity index (χ3n) is 4.93. The van der Waals surface area contributed by atoms with Crippen LogP contribution in [-0.4, -0.2) is 27.3 Å². The van der Waals surface area contributed by atoms with E-state index in [-0.39, 0.29) is 5.82 Å². The SMILES string of the molecule is COc1cc(F)cc(-c2cccc3[nH]c(-c4cc(-c5ccncc5)n[nH]4)cc23)c1. The largest absolute Gasteiger partial charge is 0.497 e. The molecule has 0 saturated heterocycles. The van der Waals surface area contributed by atoms with Crippen molar-refractivity contribution in [2.75, 3.05) is 7.11 Å². The van der Waals surface area contributed by atoms with Crippen LogP contribution in [0.1, 0.15) is 0 Å².